The molecule has 0 aliphatic heterocycles. The van der Waals surface area contributed by atoms with E-state index in [2.05, 4.69) is 260 Å². The van der Waals surface area contributed by atoms with Gasteiger partial charge in [0.25, 0.3) is 0 Å². The van der Waals surface area contributed by atoms with Crippen LogP contribution in [0, 0.1) is 0 Å². The molecule has 1 aromatic heterocycles. The van der Waals surface area contributed by atoms with Crippen LogP contribution < -0.4 is 9.80 Å². The molecule has 68 heavy (non-hydrogen) atoms. The lowest BCUT2D eigenvalue weighted by atomic mass is 9.66. The molecule has 1 heterocycles. The van der Waals surface area contributed by atoms with E-state index in [4.69, 9.17) is 4.42 Å². The lowest BCUT2D eigenvalue weighted by Gasteiger charge is -2.38. The molecule has 0 spiro atoms. The molecule has 0 fully saturated rings. The fourth-order valence-corrected chi connectivity index (χ4v) is 11.1. The first-order chi connectivity index (χ1) is 33.5. The normalized spacial score (nSPS) is 12.7. The maximum Gasteiger partial charge on any atom is 0.159 e. The Hall–Kier alpha value is -8.66. The topological polar surface area (TPSA) is 19.6 Å². The zero-order valence-corrected chi connectivity index (χ0v) is 37.9. The molecule has 0 amide bonds. The Morgan fingerprint density at radius 1 is 0.338 bits per heavy atom. The van der Waals surface area contributed by atoms with Gasteiger partial charge in [-0.3, -0.25) is 0 Å². The van der Waals surface area contributed by atoms with E-state index in [0.29, 0.717) is 0 Å². The summed E-state index contributed by atoms with van der Waals surface area (Å²) < 4.78 is 6.71. The number of hydrogen-bond acceptors (Lipinski definition) is 3. The molecule has 13 rings (SSSR count). The zero-order chi connectivity index (χ0) is 45.3. The first-order valence-electron chi connectivity index (χ1n) is 23.5. The van der Waals surface area contributed by atoms with E-state index in [1.165, 1.54) is 66.1 Å². The van der Waals surface area contributed by atoms with Crippen molar-refractivity contribution in [2.24, 2.45) is 0 Å². The van der Waals surface area contributed by atoms with Crippen LogP contribution in [0.15, 0.2) is 247 Å². The summed E-state index contributed by atoms with van der Waals surface area (Å²) in [6, 6.07) is 88.0. The van der Waals surface area contributed by atoms with E-state index in [1.807, 2.05) is 6.07 Å². The van der Waals surface area contributed by atoms with E-state index in [9.17, 15) is 0 Å². The minimum absolute atomic E-state index is 0.352. The van der Waals surface area contributed by atoms with Gasteiger partial charge < -0.3 is 14.2 Å². The molecule has 12 aromatic rings. The highest BCUT2D eigenvalue weighted by Crippen LogP contribution is 2.56. The Balaban J connectivity index is 1.06. The Morgan fingerprint density at radius 3 is 1.65 bits per heavy atom. The summed E-state index contributed by atoms with van der Waals surface area (Å²) in [5.74, 6) is 0. The molecule has 322 valence electrons. The number of fused-ring (bicyclic) bond motifs is 7. The Morgan fingerprint density at radius 2 is 0.897 bits per heavy atom. The van der Waals surface area contributed by atoms with Gasteiger partial charge in [-0.25, -0.2) is 0 Å². The van der Waals surface area contributed by atoms with E-state index in [-0.39, 0.29) is 5.41 Å². The molecular weight excluding hydrogens is 825 g/mol. The molecule has 3 heteroatoms. The van der Waals surface area contributed by atoms with Gasteiger partial charge in [0.15, 0.2) is 5.58 Å². The van der Waals surface area contributed by atoms with E-state index >= 15 is 0 Å². The smallest absolute Gasteiger partial charge is 0.159 e. The molecule has 0 saturated carbocycles. The minimum atomic E-state index is -0.352. The predicted molar refractivity (Wildman–Crippen MR) is 287 cm³/mol. The van der Waals surface area contributed by atoms with Crippen molar-refractivity contribution >= 4 is 77.6 Å². The van der Waals surface area contributed by atoms with Gasteiger partial charge in [0, 0.05) is 44.5 Å². The summed E-state index contributed by atoms with van der Waals surface area (Å²) in [6.45, 7) is 4.81. The largest absolute Gasteiger partial charge is 0.454 e. The number of benzene rings is 11. The standard InChI is InChI=1S/C65H46N2O/c1-65(2)56-33-19-31-51-55-41-47(66(45-25-11-5-12-26-45)58-34-17-15-29-49(58)43-21-7-3-8-22-43)37-39-52(55)61(44-23-9-4-10-24-44)63(62(51)56)54-40-38-48(42-57(54)65)67(46-27-13-6-14-28-46)59-35-20-32-53-50-30-16-18-36-60(50)68-64(53)59/h3-42H,1-2H3. The molecular formula is C65H46N2O. The van der Waals surface area contributed by atoms with Gasteiger partial charge >= 0.3 is 0 Å². The van der Waals surface area contributed by atoms with Crippen molar-refractivity contribution in [2.75, 3.05) is 9.80 Å². The van der Waals surface area contributed by atoms with Crippen LogP contribution in [0.1, 0.15) is 25.0 Å². The maximum atomic E-state index is 6.71. The van der Waals surface area contributed by atoms with Crippen LogP contribution in [-0.4, -0.2) is 0 Å². The highest BCUT2D eigenvalue weighted by molar-refractivity contribution is 6.24. The van der Waals surface area contributed by atoms with Gasteiger partial charge in [-0.1, -0.05) is 190 Å². The quantitative estimate of drug-likeness (QED) is 0.142. The average molecular weight is 871 g/mol. The highest BCUT2D eigenvalue weighted by atomic mass is 16.3. The Bertz CT molecular complexity index is 3880. The second-order valence-electron chi connectivity index (χ2n) is 18.4. The Labute approximate surface area is 396 Å². The number of nitrogens with zero attached hydrogens (tertiary/aromatic N) is 2. The molecule has 1 aliphatic carbocycles. The Kier molecular flexibility index (Phi) is 9.19. The number of furan rings is 1. The molecule has 0 bridgehead atoms. The molecule has 0 radical (unpaired) electrons. The maximum absolute atomic E-state index is 6.71. The van der Waals surface area contributed by atoms with Crippen LogP contribution in [0.3, 0.4) is 0 Å². The second kappa shape index (κ2) is 15.8. The monoisotopic (exact) mass is 870 g/mol. The SMILES string of the molecule is CC1(C)c2cc(N(c3ccccc3)c3cccc4c3oc3ccccc34)ccc2-c2c(-c3ccccc3)c3ccc(N(c4ccccc4)c4ccccc4-c4ccccc4)cc3c3cccc1c23. The average Bonchev–Trinajstić information content (AvgIpc) is 3.79. The third kappa shape index (κ3) is 6.20. The molecule has 1 aliphatic rings. The minimum Gasteiger partial charge on any atom is -0.454 e. The lowest BCUT2D eigenvalue weighted by Crippen LogP contribution is -2.24. The highest BCUT2D eigenvalue weighted by Gasteiger charge is 2.37. The number of hydrogen-bond donors (Lipinski definition) is 0. The van der Waals surface area contributed by atoms with E-state index < -0.39 is 0 Å². The fraction of sp³-hybridized carbons (Fsp3) is 0.0462. The summed E-state index contributed by atoms with van der Waals surface area (Å²) in [7, 11) is 0. The van der Waals surface area contributed by atoms with Crippen LogP contribution in [0.4, 0.5) is 34.1 Å². The number of anilines is 6. The van der Waals surface area contributed by atoms with Gasteiger partial charge in [-0.05, 0) is 127 Å². The van der Waals surface area contributed by atoms with Crippen molar-refractivity contribution in [2.45, 2.75) is 19.3 Å². The first-order valence-corrected chi connectivity index (χ1v) is 23.5. The summed E-state index contributed by atoms with van der Waals surface area (Å²) in [5.41, 5.74) is 17.8. The zero-order valence-electron chi connectivity index (χ0n) is 37.9. The van der Waals surface area contributed by atoms with Crippen molar-refractivity contribution < 1.29 is 4.42 Å². The fourth-order valence-electron chi connectivity index (χ4n) is 11.1. The van der Waals surface area contributed by atoms with Crippen molar-refractivity contribution in [1.29, 1.82) is 0 Å². The summed E-state index contributed by atoms with van der Waals surface area (Å²) >= 11 is 0. The van der Waals surface area contributed by atoms with Crippen molar-refractivity contribution in [3.05, 3.63) is 254 Å². The van der Waals surface area contributed by atoms with Crippen LogP contribution in [0.2, 0.25) is 0 Å². The van der Waals surface area contributed by atoms with Gasteiger partial charge in [-0.2, -0.15) is 0 Å². The molecule has 0 unspecified atom stereocenters. The molecule has 3 nitrogen and oxygen atoms in total. The summed E-state index contributed by atoms with van der Waals surface area (Å²) in [4.78, 5) is 4.79. The summed E-state index contributed by atoms with van der Waals surface area (Å²) in [5, 5.41) is 7.23. The molecule has 0 saturated heterocycles. The molecule has 11 aromatic carbocycles. The number of para-hydroxylation sites is 5. The van der Waals surface area contributed by atoms with Crippen LogP contribution >= 0.6 is 0 Å². The van der Waals surface area contributed by atoms with Crippen molar-refractivity contribution in [3.63, 3.8) is 0 Å². The van der Waals surface area contributed by atoms with Crippen molar-refractivity contribution in [1.82, 2.24) is 0 Å². The van der Waals surface area contributed by atoms with Crippen molar-refractivity contribution in [3.8, 4) is 33.4 Å². The van der Waals surface area contributed by atoms with Crippen LogP contribution in [-0.2, 0) is 5.41 Å². The van der Waals surface area contributed by atoms with Gasteiger partial charge in [0.2, 0.25) is 0 Å². The third-order valence-electron chi connectivity index (χ3n) is 14.2. The van der Waals surface area contributed by atoms with E-state index in [1.54, 1.807) is 0 Å². The molecule has 0 N–H and O–H groups in total. The number of rotatable bonds is 8. The predicted octanol–water partition coefficient (Wildman–Crippen LogP) is 18.5. The third-order valence-corrected chi connectivity index (χ3v) is 14.2. The van der Waals surface area contributed by atoms with E-state index in [0.717, 1.165) is 56.1 Å². The van der Waals surface area contributed by atoms with Crippen LogP contribution in [0.5, 0.6) is 0 Å². The van der Waals surface area contributed by atoms with Gasteiger partial charge in [0.05, 0.1) is 11.4 Å². The van der Waals surface area contributed by atoms with Crippen LogP contribution in [0.25, 0.3) is 76.9 Å². The lowest BCUT2D eigenvalue weighted by molar-refractivity contribution is 0.645. The van der Waals surface area contributed by atoms with Gasteiger partial charge in [-0.15, -0.1) is 0 Å². The summed E-state index contributed by atoms with van der Waals surface area (Å²) in [6.07, 6.45) is 0. The second-order valence-corrected chi connectivity index (χ2v) is 18.4. The molecule has 0 atom stereocenters. The first kappa shape index (κ1) is 39.7. The van der Waals surface area contributed by atoms with Gasteiger partial charge in [0.1, 0.15) is 5.58 Å².